The summed E-state index contributed by atoms with van der Waals surface area (Å²) in [5.41, 5.74) is 1.38. The Kier molecular flexibility index (Phi) is 6.25. The highest BCUT2D eigenvalue weighted by molar-refractivity contribution is 8.26. The van der Waals surface area contributed by atoms with Gasteiger partial charge in [0.15, 0.2) is 0 Å². The molecule has 0 aromatic heterocycles. The van der Waals surface area contributed by atoms with Gasteiger partial charge < -0.3 is 9.84 Å². The first-order chi connectivity index (χ1) is 13.8. The van der Waals surface area contributed by atoms with E-state index in [9.17, 15) is 19.7 Å². The highest BCUT2D eigenvalue weighted by Gasteiger charge is 2.33. The van der Waals surface area contributed by atoms with E-state index in [1.807, 2.05) is 0 Å². The third-order valence-electron chi connectivity index (χ3n) is 3.91. The SMILES string of the molecule is O=C(O)CN1C(=O)C(=Cc2ccccc2OCc2ccc([N+](=O)[O-])cc2)SC1=S. The Balaban J connectivity index is 1.76. The number of benzene rings is 2. The van der Waals surface area contributed by atoms with Crippen LogP contribution >= 0.6 is 24.0 Å². The fourth-order valence-corrected chi connectivity index (χ4v) is 3.76. The number of thiocarbonyl (C=S) groups is 1. The van der Waals surface area contributed by atoms with E-state index in [4.69, 9.17) is 22.1 Å². The van der Waals surface area contributed by atoms with Gasteiger partial charge in [0, 0.05) is 17.7 Å². The minimum Gasteiger partial charge on any atom is -0.488 e. The average Bonchev–Trinajstić information content (AvgIpc) is 2.94. The van der Waals surface area contributed by atoms with Crippen LogP contribution in [0.15, 0.2) is 53.4 Å². The lowest BCUT2D eigenvalue weighted by molar-refractivity contribution is -0.384. The van der Waals surface area contributed by atoms with Gasteiger partial charge in [0.25, 0.3) is 11.6 Å². The summed E-state index contributed by atoms with van der Waals surface area (Å²) in [6, 6.07) is 13.1. The number of para-hydroxylation sites is 1. The lowest BCUT2D eigenvalue weighted by Gasteiger charge is -2.11. The molecule has 1 N–H and O–H groups in total. The second-order valence-electron chi connectivity index (χ2n) is 5.91. The van der Waals surface area contributed by atoms with E-state index in [0.717, 1.165) is 22.2 Å². The van der Waals surface area contributed by atoms with Gasteiger partial charge in [-0.15, -0.1) is 0 Å². The number of carbonyl (C=O) groups is 2. The monoisotopic (exact) mass is 430 g/mol. The summed E-state index contributed by atoms with van der Waals surface area (Å²) in [4.78, 5) is 34.9. The molecular weight excluding hydrogens is 416 g/mol. The van der Waals surface area contributed by atoms with Crippen LogP contribution in [0.4, 0.5) is 5.69 Å². The van der Waals surface area contributed by atoms with Gasteiger partial charge in [-0.2, -0.15) is 0 Å². The normalized spacial score (nSPS) is 15.0. The molecule has 0 bridgehead atoms. The van der Waals surface area contributed by atoms with E-state index in [1.165, 1.54) is 12.1 Å². The Morgan fingerprint density at radius 3 is 2.59 bits per heavy atom. The minimum atomic E-state index is -1.14. The van der Waals surface area contributed by atoms with Crippen molar-refractivity contribution in [3.8, 4) is 5.75 Å². The Bertz CT molecular complexity index is 1020. The molecule has 3 rings (SSSR count). The number of hydrogen-bond acceptors (Lipinski definition) is 7. The molecule has 0 spiro atoms. The molecule has 0 atom stereocenters. The maximum Gasteiger partial charge on any atom is 0.323 e. The number of nitro groups is 1. The van der Waals surface area contributed by atoms with Crippen LogP contribution in [-0.4, -0.2) is 37.7 Å². The molecule has 148 valence electrons. The lowest BCUT2D eigenvalue weighted by atomic mass is 10.1. The number of carboxylic acid groups (broad SMARTS) is 1. The Hall–Kier alpha value is -3.24. The second-order valence-corrected chi connectivity index (χ2v) is 7.59. The van der Waals surface area contributed by atoms with Gasteiger partial charge in [-0.1, -0.05) is 42.2 Å². The number of ether oxygens (including phenoxy) is 1. The molecule has 2 aromatic rings. The van der Waals surface area contributed by atoms with Gasteiger partial charge in [-0.05, 0) is 29.8 Å². The van der Waals surface area contributed by atoms with Crippen molar-refractivity contribution in [1.82, 2.24) is 4.90 Å². The van der Waals surface area contributed by atoms with E-state index < -0.39 is 23.3 Å². The molecule has 1 aliphatic heterocycles. The lowest BCUT2D eigenvalue weighted by Crippen LogP contribution is -2.33. The number of nitrogens with zero attached hydrogens (tertiary/aromatic N) is 2. The molecule has 1 fully saturated rings. The van der Waals surface area contributed by atoms with E-state index in [2.05, 4.69) is 0 Å². The third kappa shape index (κ3) is 4.98. The predicted octanol–water partition coefficient (Wildman–Crippen LogP) is 3.46. The maximum atomic E-state index is 12.4. The van der Waals surface area contributed by atoms with Gasteiger partial charge in [-0.3, -0.25) is 24.6 Å². The second kappa shape index (κ2) is 8.84. The van der Waals surface area contributed by atoms with Crippen molar-refractivity contribution in [3.05, 3.63) is 74.7 Å². The fourth-order valence-electron chi connectivity index (χ4n) is 2.52. The molecule has 0 saturated carbocycles. The average molecular weight is 430 g/mol. The highest BCUT2D eigenvalue weighted by Crippen LogP contribution is 2.34. The summed E-state index contributed by atoms with van der Waals surface area (Å²) < 4.78 is 6.00. The Morgan fingerprint density at radius 2 is 1.93 bits per heavy atom. The van der Waals surface area contributed by atoms with Crippen molar-refractivity contribution in [1.29, 1.82) is 0 Å². The fraction of sp³-hybridized carbons (Fsp3) is 0.105. The van der Waals surface area contributed by atoms with Gasteiger partial charge in [0.1, 0.15) is 23.2 Å². The van der Waals surface area contributed by atoms with Crippen molar-refractivity contribution in [3.63, 3.8) is 0 Å². The van der Waals surface area contributed by atoms with E-state index >= 15 is 0 Å². The van der Waals surface area contributed by atoms with E-state index in [1.54, 1.807) is 42.5 Å². The first kappa shape index (κ1) is 20.5. The topological polar surface area (TPSA) is 110 Å². The smallest absolute Gasteiger partial charge is 0.323 e. The molecular formula is C19H14N2O6S2. The van der Waals surface area contributed by atoms with Crippen LogP contribution in [0.2, 0.25) is 0 Å². The molecule has 0 unspecified atom stereocenters. The number of nitro benzene ring substituents is 1. The predicted molar refractivity (Wildman–Crippen MR) is 111 cm³/mol. The van der Waals surface area contributed by atoms with E-state index in [0.29, 0.717) is 16.2 Å². The van der Waals surface area contributed by atoms with Crippen LogP contribution in [0.5, 0.6) is 5.75 Å². The van der Waals surface area contributed by atoms with Crippen molar-refractivity contribution in [2.45, 2.75) is 6.61 Å². The van der Waals surface area contributed by atoms with Crippen LogP contribution in [0, 0.1) is 10.1 Å². The Labute approximate surface area is 174 Å². The summed E-state index contributed by atoms with van der Waals surface area (Å²) in [6.07, 6.45) is 1.60. The summed E-state index contributed by atoms with van der Waals surface area (Å²) in [6.45, 7) is -0.302. The number of non-ortho nitro benzene ring substituents is 1. The summed E-state index contributed by atoms with van der Waals surface area (Å²) in [5, 5.41) is 19.6. The third-order valence-corrected chi connectivity index (χ3v) is 5.29. The molecule has 1 heterocycles. The number of aliphatic carboxylic acids is 1. The van der Waals surface area contributed by atoms with Crippen molar-refractivity contribution in [2.75, 3.05) is 6.54 Å². The minimum absolute atomic E-state index is 0.00228. The number of rotatable bonds is 7. The van der Waals surface area contributed by atoms with Crippen molar-refractivity contribution >= 4 is 51.9 Å². The first-order valence-corrected chi connectivity index (χ1v) is 9.50. The molecule has 1 saturated heterocycles. The number of hydrogen-bond donors (Lipinski definition) is 1. The largest absolute Gasteiger partial charge is 0.488 e. The molecule has 0 aliphatic carbocycles. The number of carbonyl (C=O) groups excluding carboxylic acids is 1. The Morgan fingerprint density at radius 1 is 1.24 bits per heavy atom. The van der Waals surface area contributed by atoms with Gasteiger partial charge >= 0.3 is 5.97 Å². The number of carboxylic acids is 1. The number of thioether (sulfide) groups is 1. The molecule has 1 aliphatic rings. The zero-order chi connectivity index (χ0) is 21.0. The van der Waals surface area contributed by atoms with Crippen molar-refractivity contribution < 1.29 is 24.4 Å². The quantitative estimate of drug-likeness (QED) is 0.308. The molecule has 29 heavy (non-hydrogen) atoms. The summed E-state index contributed by atoms with van der Waals surface area (Å²) in [5.74, 6) is -1.10. The zero-order valence-electron chi connectivity index (χ0n) is 14.8. The molecule has 0 radical (unpaired) electrons. The van der Waals surface area contributed by atoms with Gasteiger partial charge in [0.2, 0.25) is 0 Å². The van der Waals surface area contributed by atoms with Gasteiger partial charge in [-0.25, -0.2) is 0 Å². The zero-order valence-corrected chi connectivity index (χ0v) is 16.4. The molecule has 2 aromatic carbocycles. The maximum absolute atomic E-state index is 12.4. The first-order valence-electron chi connectivity index (χ1n) is 8.27. The summed E-state index contributed by atoms with van der Waals surface area (Å²) in [7, 11) is 0. The van der Waals surface area contributed by atoms with Crippen molar-refractivity contribution in [2.24, 2.45) is 0 Å². The standard InChI is InChI=1S/C19H14N2O6S2/c22-17(23)10-20-18(24)16(29-19(20)28)9-13-3-1-2-4-15(13)27-11-12-5-7-14(8-6-12)21(25)26/h1-9H,10-11H2,(H,22,23). The number of amides is 1. The van der Waals surface area contributed by atoms with Gasteiger partial charge in [0.05, 0.1) is 9.83 Å². The van der Waals surface area contributed by atoms with Crippen LogP contribution in [0.25, 0.3) is 6.08 Å². The molecule has 10 heteroatoms. The highest BCUT2D eigenvalue weighted by atomic mass is 32.2. The summed E-state index contributed by atoms with van der Waals surface area (Å²) >= 11 is 6.12. The molecule has 8 nitrogen and oxygen atoms in total. The van der Waals surface area contributed by atoms with Crippen LogP contribution in [-0.2, 0) is 16.2 Å². The van der Waals surface area contributed by atoms with Crippen LogP contribution in [0.3, 0.4) is 0 Å². The molecule has 1 amide bonds. The van der Waals surface area contributed by atoms with Crippen LogP contribution in [0.1, 0.15) is 11.1 Å². The van der Waals surface area contributed by atoms with Crippen LogP contribution < -0.4 is 4.74 Å². The van der Waals surface area contributed by atoms with E-state index in [-0.39, 0.29) is 16.6 Å².